The van der Waals surface area contributed by atoms with E-state index in [1.54, 1.807) is 18.2 Å². The normalized spacial score (nSPS) is 25.0. The van der Waals surface area contributed by atoms with E-state index >= 15 is 0 Å². The predicted octanol–water partition coefficient (Wildman–Crippen LogP) is 1.86. The summed E-state index contributed by atoms with van der Waals surface area (Å²) >= 11 is 0. The molecule has 1 heterocycles. The lowest BCUT2D eigenvalue weighted by Gasteiger charge is -2.24. The minimum atomic E-state index is -0.754. The average molecular weight is 235 g/mol. The number of rotatable bonds is 3. The summed E-state index contributed by atoms with van der Waals surface area (Å²) in [6.07, 6.45) is 1.08. The number of carboxylic acid groups (broad SMARTS) is 1. The van der Waals surface area contributed by atoms with Gasteiger partial charge in [0.2, 0.25) is 0 Å². The monoisotopic (exact) mass is 235 g/mol. The lowest BCUT2D eigenvalue weighted by atomic mass is 9.91. The van der Waals surface area contributed by atoms with Gasteiger partial charge in [-0.25, -0.2) is 0 Å². The van der Waals surface area contributed by atoms with Crippen molar-refractivity contribution >= 4 is 5.97 Å². The van der Waals surface area contributed by atoms with Gasteiger partial charge in [-0.15, -0.1) is 0 Å². The third kappa shape index (κ3) is 2.58. The summed E-state index contributed by atoms with van der Waals surface area (Å²) in [6.45, 7) is 0.901. The number of nitrogens with zero attached hydrogens (tertiary/aromatic N) is 1. The molecule has 4 heteroatoms. The van der Waals surface area contributed by atoms with E-state index in [2.05, 4.69) is 4.90 Å². The molecule has 0 spiro atoms. The lowest BCUT2D eigenvalue weighted by molar-refractivity contribution is -0.138. The van der Waals surface area contributed by atoms with E-state index < -0.39 is 5.97 Å². The van der Waals surface area contributed by atoms with Gasteiger partial charge >= 0.3 is 5.97 Å². The summed E-state index contributed by atoms with van der Waals surface area (Å²) in [5, 5.41) is 18.4. The SMILES string of the molecule is CN1CCC(CC(=O)O)C1c1cccc(O)c1. The van der Waals surface area contributed by atoms with Gasteiger partial charge in [-0.1, -0.05) is 12.1 Å². The molecule has 4 nitrogen and oxygen atoms in total. The van der Waals surface area contributed by atoms with E-state index in [1.807, 2.05) is 13.1 Å². The molecule has 2 rings (SSSR count). The highest BCUT2D eigenvalue weighted by atomic mass is 16.4. The van der Waals surface area contributed by atoms with Gasteiger partial charge in [0.15, 0.2) is 0 Å². The van der Waals surface area contributed by atoms with Crippen LogP contribution in [-0.4, -0.2) is 34.7 Å². The molecule has 2 atom stereocenters. The highest BCUT2D eigenvalue weighted by Crippen LogP contribution is 2.38. The number of hydrogen-bond acceptors (Lipinski definition) is 3. The van der Waals surface area contributed by atoms with Gasteiger partial charge in [-0.3, -0.25) is 9.69 Å². The Labute approximate surface area is 100 Å². The smallest absolute Gasteiger partial charge is 0.303 e. The summed E-state index contributed by atoms with van der Waals surface area (Å²) in [5.74, 6) is -0.397. The van der Waals surface area contributed by atoms with E-state index in [-0.39, 0.29) is 24.1 Å². The summed E-state index contributed by atoms with van der Waals surface area (Å²) in [6, 6.07) is 7.19. The average Bonchev–Trinajstić information content (AvgIpc) is 2.59. The summed E-state index contributed by atoms with van der Waals surface area (Å²) in [4.78, 5) is 13.0. The number of benzene rings is 1. The largest absolute Gasteiger partial charge is 0.508 e. The molecule has 17 heavy (non-hydrogen) atoms. The molecular formula is C13H17NO3. The zero-order chi connectivity index (χ0) is 12.4. The first-order chi connectivity index (χ1) is 8.08. The molecule has 0 aromatic heterocycles. The van der Waals surface area contributed by atoms with Crippen molar-refractivity contribution in [3.63, 3.8) is 0 Å². The van der Waals surface area contributed by atoms with Crippen LogP contribution in [0.3, 0.4) is 0 Å². The maximum Gasteiger partial charge on any atom is 0.303 e. The molecule has 0 saturated carbocycles. The van der Waals surface area contributed by atoms with Gasteiger partial charge in [0.05, 0.1) is 6.42 Å². The van der Waals surface area contributed by atoms with E-state index in [4.69, 9.17) is 5.11 Å². The third-order valence-corrected chi connectivity index (χ3v) is 3.42. The quantitative estimate of drug-likeness (QED) is 0.839. The standard InChI is InChI=1S/C13H17NO3/c1-14-6-5-10(8-12(16)17)13(14)9-3-2-4-11(15)7-9/h2-4,7,10,13,15H,5-6,8H2,1H3,(H,16,17). The highest BCUT2D eigenvalue weighted by molar-refractivity contribution is 5.67. The zero-order valence-electron chi connectivity index (χ0n) is 9.84. The van der Waals surface area contributed by atoms with Crippen molar-refractivity contribution in [2.45, 2.75) is 18.9 Å². The zero-order valence-corrected chi connectivity index (χ0v) is 9.84. The van der Waals surface area contributed by atoms with Crippen molar-refractivity contribution in [2.24, 2.45) is 5.92 Å². The Morgan fingerprint density at radius 3 is 2.94 bits per heavy atom. The molecule has 1 fully saturated rings. The molecule has 0 aliphatic carbocycles. The second kappa shape index (κ2) is 4.75. The Bertz CT molecular complexity index is 419. The molecule has 92 valence electrons. The van der Waals surface area contributed by atoms with E-state index in [0.717, 1.165) is 18.5 Å². The minimum absolute atomic E-state index is 0.0956. The summed E-state index contributed by atoms with van der Waals surface area (Å²) in [7, 11) is 2.00. The fourth-order valence-corrected chi connectivity index (χ4v) is 2.70. The topological polar surface area (TPSA) is 60.8 Å². The summed E-state index contributed by atoms with van der Waals surface area (Å²) in [5.41, 5.74) is 0.997. The Balaban J connectivity index is 2.24. The second-order valence-electron chi connectivity index (χ2n) is 4.67. The number of likely N-dealkylation sites (tertiary alicyclic amines) is 1. The van der Waals surface area contributed by atoms with Crippen molar-refractivity contribution < 1.29 is 15.0 Å². The Morgan fingerprint density at radius 1 is 1.53 bits per heavy atom. The van der Waals surface area contributed by atoms with Gasteiger partial charge in [-0.2, -0.15) is 0 Å². The Kier molecular flexibility index (Phi) is 3.33. The number of phenols is 1. The molecule has 0 radical (unpaired) electrons. The first-order valence-electron chi connectivity index (χ1n) is 5.79. The Morgan fingerprint density at radius 2 is 2.29 bits per heavy atom. The van der Waals surface area contributed by atoms with Gasteiger partial charge in [0, 0.05) is 6.04 Å². The molecule has 1 aliphatic rings. The number of phenolic OH excluding ortho intramolecular Hbond substituents is 1. The number of hydrogen-bond donors (Lipinski definition) is 2. The molecule has 0 amide bonds. The fraction of sp³-hybridized carbons (Fsp3) is 0.462. The van der Waals surface area contributed by atoms with Crippen LogP contribution in [0.4, 0.5) is 0 Å². The van der Waals surface area contributed by atoms with Crippen LogP contribution in [0.25, 0.3) is 0 Å². The van der Waals surface area contributed by atoms with Crippen LogP contribution in [0, 0.1) is 5.92 Å². The predicted molar refractivity (Wildman–Crippen MR) is 63.8 cm³/mol. The van der Waals surface area contributed by atoms with Crippen LogP contribution in [0.2, 0.25) is 0 Å². The molecule has 1 aliphatic heterocycles. The van der Waals surface area contributed by atoms with Gasteiger partial charge < -0.3 is 10.2 Å². The third-order valence-electron chi connectivity index (χ3n) is 3.42. The number of carbonyl (C=O) groups is 1. The highest BCUT2D eigenvalue weighted by Gasteiger charge is 2.34. The van der Waals surface area contributed by atoms with Crippen molar-refractivity contribution in [3.05, 3.63) is 29.8 Å². The van der Waals surface area contributed by atoms with Gasteiger partial charge in [-0.05, 0) is 43.6 Å². The first kappa shape index (κ1) is 11.9. The Hall–Kier alpha value is -1.55. The van der Waals surface area contributed by atoms with Crippen molar-refractivity contribution in [3.8, 4) is 5.75 Å². The molecule has 2 unspecified atom stereocenters. The van der Waals surface area contributed by atoms with Crippen LogP contribution < -0.4 is 0 Å². The fourth-order valence-electron chi connectivity index (χ4n) is 2.70. The molecular weight excluding hydrogens is 218 g/mol. The molecule has 1 aromatic carbocycles. The van der Waals surface area contributed by atoms with Gasteiger partial charge in [0.25, 0.3) is 0 Å². The minimum Gasteiger partial charge on any atom is -0.508 e. The van der Waals surface area contributed by atoms with Gasteiger partial charge in [0.1, 0.15) is 5.75 Å². The van der Waals surface area contributed by atoms with Crippen molar-refractivity contribution in [1.29, 1.82) is 0 Å². The number of aliphatic carboxylic acids is 1. The van der Waals surface area contributed by atoms with Crippen molar-refractivity contribution in [1.82, 2.24) is 4.90 Å². The molecule has 1 saturated heterocycles. The number of carboxylic acids is 1. The van der Waals surface area contributed by atoms with E-state index in [0.29, 0.717) is 0 Å². The lowest BCUT2D eigenvalue weighted by Crippen LogP contribution is -2.22. The molecule has 2 N–H and O–H groups in total. The molecule has 0 bridgehead atoms. The van der Waals surface area contributed by atoms with Crippen LogP contribution in [-0.2, 0) is 4.79 Å². The van der Waals surface area contributed by atoms with Crippen LogP contribution in [0.1, 0.15) is 24.4 Å². The van der Waals surface area contributed by atoms with E-state index in [9.17, 15) is 9.90 Å². The second-order valence-corrected chi connectivity index (χ2v) is 4.67. The first-order valence-corrected chi connectivity index (χ1v) is 5.79. The molecule has 1 aromatic rings. The van der Waals surface area contributed by atoms with Crippen LogP contribution >= 0.6 is 0 Å². The van der Waals surface area contributed by atoms with Crippen molar-refractivity contribution in [2.75, 3.05) is 13.6 Å². The van der Waals surface area contributed by atoms with E-state index in [1.165, 1.54) is 0 Å². The van der Waals surface area contributed by atoms with Crippen LogP contribution in [0.15, 0.2) is 24.3 Å². The maximum atomic E-state index is 10.8. The van der Waals surface area contributed by atoms with Crippen LogP contribution in [0.5, 0.6) is 5.75 Å². The maximum absolute atomic E-state index is 10.8. The summed E-state index contributed by atoms with van der Waals surface area (Å²) < 4.78 is 0. The number of aromatic hydroxyl groups is 1.